The van der Waals surface area contributed by atoms with E-state index >= 15 is 0 Å². The molecule has 150 valence electrons. The first kappa shape index (κ1) is 21.4. The number of rotatable bonds is 8. The molecule has 1 aromatic carbocycles. The average Bonchev–Trinajstić information content (AvgIpc) is 2.69. The van der Waals surface area contributed by atoms with Crippen LogP contribution in [0.15, 0.2) is 24.3 Å². The summed E-state index contributed by atoms with van der Waals surface area (Å²) < 4.78 is 13.8. The van der Waals surface area contributed by atoms with E-state index in [4.69, 9.17) is 0 Å². The molecular formula is C21H32FN3O2. The number of benzene rings is 1. The fraction of sp³-hybridized carbons (Fsp3) is 0.619. The van der Waals surface area contributed by atoms with Crippen LogP contribution in [-0.4, -0.2) is 72.3 Å². The molecule has 0 bridgehead atoms. The van der Waals surface area contributed by atoms with E-state index in [9.17, 15) is 14.0 Å². The van der Waals surface area contributed by atoms with E-state index in [0.29, 0.717) is 44.6 Å². The molecule has 2 amide bonds. The third kappa shape index (κ3) is 6.03. The molecule has 0 N–H and O–H groups in total. The van der Waals surface area contributed by atoms with Gasteiger partial charge in [0, 0.05) is 45.1 Å². The third-order valence-electron chi connectivity index (χ3n) is 5.39. The monoisotopic (exact) mass is 377 g/mol. The van der Waals surface area contributed by atoms with Gasteiger partial charge in [-0.2, -0.15) is 0 Å². The molecule has 1 unspecified atom stereocenters. The van der Waals surface area contributed by atoms with Gasteiger partial charge in [-0.05, 0) is 31.1 Å². The highest BCUT2D eigenvalue weighted by atomic mass is 19.1. The maximum atomic E-state index is 13.8. The van der Waals surface area contributed by atoms with Crippen LogP contribution in [0.5, 0.6) is 0 Å². The number of carbonyl (C=O) groups excluding carboxylic acids is 2. The lowest BCUT2D eigenvalue weighted by Gasteiger charge is -2.36. The van der Waals surface area contributed by atoms with Gasteiger partial charge in [0.05, 0.1) is 0 Å². The SMILES string of the molecule is CCN(CC)CCC(=O)N1CCN(C(=O)C(C)Cc2ccccc2F)CC1. The zero-order valence-electron chi connectivity index (χ0n) is 16.8. The summed E-state index contributed by atoms with van der Waals surface area (Å²) in [6.07, 6.45) is 0.924. The van der Waals surface area contributed by atoms with E-state index in [1.165, 1.54) is 6.07 Å². The van der Waals surface area contributed by atoms with Crippen LogP contribution in [0, 0.1) is 11.7 Å². The standard InChI is InChI=1S/C21H32FN3O2/c1-4-23(5-2)11-10-20(26)24-12-14-25(15-13-24)21(27)17(3)16-18-8-6-7-9-19(18)22/h6-9,17H,4-5,10-16H2,1-3H3. The summed E-state index contributed by atoms with van der Waals surface area (Å²) in [7, 11) is 0. The summed E-state index contributed by atoms with van der Waals surface area (Å²) in [4.78, 5) is 31.0. The highest BCUT2D eigenvalue weighted by molar-refractivity contribution is 5.80. The van der Waals surface area contributed by atoms with Crippen LogP contribution in [0.4, 0.5) is 4.39 Å². The van der Waals surface area contributed by atoms with Crippen molar-refractivity contribution in [1.82, 2.24) is 14.7 Å². The molecule has 1 fully saturated rings. The van der Waals surface area contributed by atoms with Gasteiger partial charge in [-0.1, -0.05) is 39.0 Å². The second-order valence-corrected chi connectivity index (χ2v) is 7.18. The molecule has 27 heavy (non-hydrogen) atoms. The number of carbonyl (C=O) groups is 2. The summed E-state index contributed by atoms with van der Waals surface area (Å²) in [6.45, 7) is 11.0. The predicted octanol–water partition coefficient (Wildman–Crippen LogP) is 2.41. The van der Waals surface area contributed by atoms with Crippen LogP contribution in [0.3, 0.4) is 0 Å². The number of nitrogens with zero attached hydrogens (tertiary/aromatic N) is 3. The van der Waals surface area contributed by atoms with Crippen molar-refractivity contribution in [3.63, 3.8) is 0 Å². The molecule has 1 aliphatic heterocycles. The minimum atomic E-state index is -0.271. The molecule has 1 saturated heterocycles. The number of hydrogen-bond donors (Lipinski definition) is 0. The lowest BCUT2D eigenvalue weighted by molar-refractivity contribution is -0.141. The molecule has 1 aromatic rings. The maximum absolute atomic E-state index is 13.8. The molecule has 6 heteroatoms. The fourth-order valence-electron chi connectivity index (χ4n) is 3.52. The quantitative estimate of drug-likeness (QED) is 0.699. The largest absolute Gasteiger partial charge is 0.339 e. The van der Waals surface area contributed by atoms with Crippen LogP contribution in [0.2, 0.25) is 0 Å². The van der Waals surface area contributed by atoms with E-state index in [1.807, 2.05) is 11.8 Å². The van der Waals surface area contributed by atoms with Gasteiger partial charge in [0.25, 0.3) is 0 Å². The Morgan fingerprint density at radius 3 is 2.26 bits per heavy atom. The summed E-state index contributed by atoms with van der Waals surface area (Å²) in [6, 6.07) is 6.60. The van der Waals surface area contributed by atoms with E-state index in [1.54, 1.807) is 23.1 Å². The van der Waals surface area contributed by atoms with Crippen molar-refractivity contribution in [2.75, 3.05) is 45.8 Å². The normalized spacial score (nSPS) is 15.9. The minimum Gasteiger partial charge on any atom is -0.339 e. The van der Waals surface area contributed by atoms with Crippen molar-refractivity contribution in [2.24, 2.45) is 5.92 Å². The number of piperazine rings is 1. The Kier molecular flexibility index (Phi) is 8.23. The van der Waals surface area contributed by atoms with Gasteiger partial charge in [-0.25, -0.2) is 4.39 Å². The van der Waals surface area contributed by atoms with Crippen LogP contribution in [0.25, 0.3) is 0 Å². The molecule has 0 aliphatic carbocycles. The summed E-state index contributed by atoms with van der Waals surface area (Å²) in [5, 5.41) is 0. The van der Waals surface area contributed by atoms with Crippen molar-refractivity contribution >= 4 is 11.8 Å². The first-order valence-corrected chi connectivity index (χ1v) is 9.98. The molecule has 0 radical (unpaired) electrons. The Labute approximate surface area is 162 Å². The van der Waals surface area contributed by atoms with Crippen LogP contribution < -0.4 is 0 Å². The molecule has 0 saturated carbocycles. The van der Waals surface area contributed by atoms with Gasteiger partial charge in [0.1, 0.15) is 5.82 Å². The van der Waals surface area contributed by atoms with Crippen molar-refractivity contribution in [2.45, 2.75) is 33.6 Å². The first-order chi connectivity index (χ1) is 13.0. The number of amides is 2. The molecule has 5 nitrogen and oxygen atoms in total. The van der Waals surface area contributed by atoms with Crippen molar-refractivity contribution in [3.05, 3.63) is 35.6 Å². The van der Waals surface area contributed by atoms with Crippen LogP contribution in [-0.2, 0) is 16.0 Å². The van der Waals surface area contributed by atoms with Crippen molar-refractivity contribution < 1.29 is 14.0 Å². The Hall–Kier alpha value is -1.95. The summed E-state index contributed by atoms with van der Waals surface area (Å²) in [5.41, 5.74) is 0.573. The minimum absolute atomic E-state index is 0.0356. The Bertz CT molecular complexity index is 626. The van der Waals surface area contributed by atoms with Crippen LogP contribution >= 0.6 is 0 Å². The van der Waals surface area contributed by atoms with E-state index in [0.717, 1.165) is 19.6 Å². The lowest BCUT2D eigenvalue weighted by atomic mass is 9.99. The highest BCUT2D eigenvalue weighted by Crippen LogP contribution is 2.16. The maximum Gasteiger partial charge on any atom is 0.225 e. The Balaban J connectivity index is 1.79. The predicted molar refractivity (Wildman–Crippen MR) is 105 cm³/mol. The van der Waals surface area contributed by atoms with Gasteiger partial charge >= 0.3 is 0 Å². The third-order valence-corrected chi connectivity index (χ3v) is 5.39. The van der Waals surface area contributed by atoms with E-state index < -0.39 is 0 Å². The second-order valence-electron chi connectivity index (χ2n) is 7.18. The Morgan fingerprint density at radius 1 is 1.07 bits per heavy atom. The van der Waals surface area contributed by atoms with Gasteiger partial charge in [-0.15, -0.1) is 0 Å². The molecule has 1 atom stereocenters. The second kappa shape index (κ2) is 10.4. The van der Waals surface area contributed by atoms with Gasteiger partial charge in [0.15, 0.2) is 0 Å². The molecule has 0 aromatic heterocycles. The fourth-order valence-corrected chi connectivity index (χ4v) is 3.52. The van der Waals surface area contributed by atoms with Crippen molar-refractivity contribution in [3.8, 4) is 0 Å². The number of halogens is 1. The van der Waals surface area contributed by atoms with Gasteiger partial charge < -0.3 is 14.7 Å². The van der Waals surface area contributed by atoms with E-state index in [-0.39, 0.29) is 23.5 Å². The summed E-state index contributed by atoms with van der Waals surface area (Å²) >= 11 is 0. The zero-order chi connectivity index (χ0) is 19.8. The van der Waals surface area contributed by atoms with Crippen LogP contribution in [0.1, 0.15) is 32.8 Å². The van der Waals surface area contributed by atoms with Gasteiger partial charge in [0.2, 0.25) is 11.8 Å². The lowest BCUT2D eigenvalue weighted by Crippen LogP contribution is -2.52. The molecule has 0 spiro atoms. The Morgan fingerprint density at radius 2 is 1.67 bits per heavy atom. The summed E-state index contributed by atoms with van der Waals surface area (Å²) in [5.74, 6) is -0.338. The van der Waals surface area contributed by atoms with E-state index in [2.05, 4.69) is 18.7 Å². The number of hydrogen-bond acceptors (Lipinski definition) is 3. The molecule has 1 aliphatic rings. The average molecular weight is 378 g/mol. The zero-order valence-corrected chi connectivity index (χ0v) is 16.8. The molecule has 1 heterocycles. The smallest absolute Gasteiger partial charge is 0.225 e. The first-order valence-electron chi connectivity index (χ1n) is 9.98. The highest BCUT2D eigenvalue weighted by Gasteiger charge is 2.27. The van der Waals surface area contributed by atoms with Crippen molar-refractivity contribution in [1.29, 1.82) is 0 Å². The molecule has 2 rings (SSSR count). The topological polar surface area (TPSA) is 43.9 Å². The van der Waals surface area contributed by atoms with Gasteiger partial charge in [-0.3, -0.25) is 9.59 Å². The molecular weight excluding hydrogens is 345 g/mol.